The summed E-state index contributed by atoms with van der Waals surface area (Å²) in [6.45, 7) is 4.47. The van der Waals surface area contributed by atoms with Crippen LogP contribution in [0, 0.1) is 0 Å². The molecule has 0 radical (unpaired) electrons. The SMILES string of the molecule is CCOc1ccc(/C(O)=C2/C(=O)C(=O)N(c3ccc(Nc4ccccc4)cc3)C2c2ccco2)c(OCC)c1. The summed E-state index contributed by atoms with van der Waals surface area (Å²) in [4.78, 5) is 28.2. The highest BCUT2D eigenvalue weighted by Crippen LogP contribution is 2.44. The van der Waals surface area contributed by atoms with E-state index in [0.717, 1.165) is 11.4 Å². The van der Waals surface area contributed by atoms with Crippen molar-refractivity contribution < 1.29 is 28.6 Å². The van der Waals surface area contributed by atoms with Crippen molar-refractivity contribution in [2.45, 2.75) is 19.9 Å². The molecule has 0 bridgehead atoms. The van der Waals surface area contributed by atoms with Crippen molar-refractivity contribution in [3.63, 3.8) is 0 Å². The first-order valence-electron chi connectivity index (χ1n) is 12.7. The Labute approximate surface area is 226 Å². The molecule has 1 aromatic heterocycles. The monoisotopic (exact) mass is 524 g/mol. The number of ether oxygens (including phenoxy) is 2. The summed E-state index contributed by atoms with van der Waals surface area (Å²) < 4.78 is 17.0. The molecule has 5 rings (SSSR count). The van der Waals surface area contributed by atoms with E-state index >= 15 is 0 Å². The molecular weight excluding hydrogens is 496 g/mol. The molecule has 198 valence electrons. The number of aliphatic hydroxyl groups is 1. The zero-order valence-corrected chi connectivity index (χ0v) is 21.6. The molecule has 3 aromatic carbocycles. The summed E-state index contributed by atoms with van der Waals surface area (Å²) in [6, 6.07) is 24.1. The normalized spacial score (nSPS) is 16.4. The van der Waals surface area contributed by atoms with E-state index in [-0.39, 0.29) is 16.9 Å². The Morgan fingerprint density at radius 2 is 1.62 bits per heavy atom. The molecular formula is C31H28N2O6. The molecule has 0 spiro atoms. The first-order chi connectivity index (χ1) is 19.0. The number of furan rings is 1. The van der Waals surface area contributed by atoms with Crippen LogP contribution in [-0.4, -0.2) is 30.0 Å². The van der Waals surface area contributed by atoms with E-state index in [1.165, 1.54) is 11.2 Å². The van der Waals surface area contributed by atoms with Crippen LogP contribution in [0.1, 0.15) is 31.2 Å². The Bertz CT molecular complexity index is 1490. The zero-order valence-electron chi connectivity index (χ0n) is 21.6. The lowest BCUT2D eigenvalue weighted by atomic mass is 9.98. The van der Waals surface area contributed by atoms with Gasteiger partial charge in [0, 0.05) is 23.1 Å². The number of Topliss-reactive ketones (excluding diaryl/α,β-unsaturated/α-hetero) is 1. The van der Waals surface area contributed by atoms with Crippen LogP contribution in [0.25, 0.3) is 5.76 Å². The summed E-state index contributed by atoms with van der Waals surface area (Å²) in [5, 5.41) is 14.8. The largest absolute Gasteiger partial charge is 0.507 e. The summed E-state index contributed by atoms with van der Waals surface area (Å²) >= 11 is 0. The molecule has 0 aliphatic carbocycles. The number of benzene rings is 3. The number of carbonyl (C=O) groups excluding carboxylic acids is 2. The Balaban J connectivity index is 1.57. The number of nitrogens with zero attached hydrogens (tertiary/aromatic N) is 1. The third kappa shape index (κ3) is 5.09. The zero-order chi connectivity index (χ0) is 27.4. The van der Waals surface area contributed by atoms with Crippen molar-refractivity contribution in [3.8, 4) is 11.5 Å². The molecule has 1 unspecified atom stereocenters. The Hall–Kier alpha value is -4.98. The fraction of sp³-hybridized carbons (Fsp3) is 0.161. The van der Waals surface area contributed by atoms with Crippen LogP contribution in [0.2, 0.25) is 0 Å². The fourth-order valence-electron chi connectivity index (χ4n) is 4.58. The van der Waals surface area contributed by atoms with Gasteiger partial charge in [-0.3, -0.25) is 14.5 Å². The van der Waals surface area contributed by atoms with E-state index in [2.05, 4.69) is 5.32 Å². The maximum atomic E-state index is 13.4. The van der Waals surface area contributed by atoms with Crippen LogP contribution < -0.4 is 19.7 Å². The molecule has 4 aromatic rings. The van der Waals surface area contributed by atoms with Gasteiger partial charge in [-0.05, 0) is 74.5 Å². The number of carbonyl (C=O) groups is 2. The molecule has 39 heavy (non-hydrogen) atoms. The average Bonchev–Trinajstić information content (AvgIpc) is 3.57. The number of hydrogen-bond acceptors (Lipinski definition) is 7. The molecule has 1 aliphatic rings. The third-order valence-corrected chi connectivity index (χ3v) is 6.28. The maximum Gasteiger partial charge on any atom is 0.300 e. The second-order valence-electron chi connectivity index (χ2n) is 8.75. The van der Waals surface area contributed by atoms with Crippen molar-refractivity contribution in [1.82, 2.24) is 0 Å². The smallest absolute Gasteiger partial charge is 0.300 e. The highest BCUT2D eigenvalue weighted by molar-refractivity contribution is 6.51. The summed E-state index contributed by atoms with van der Waals surface area (Å²) in [5.41, 5.74) is 2.39. The van der Waals surface area contributed by atoms with Crippen molar-refractivity contribution >= 4 is 34.5 Å². The van der Waals surface area contributed by atoms with Gasteiger partial charge in [0.25, 0.3) is 11.7 Å². The van der Waals surface area contributed by atoms with Gasteiger partial charge < -0.3 is 24.3 Å². The number of rotatable bonds is 9. The lowest BCUT2D eigenvalue weighted by molar-refractivity contribution is -0.132. The second-order valence-corrected chi connectivity index (χ2v) is 8.75. The number of aliphatic hydroxyl groups excluding tert-OH is 1. The van der Waals surface area contributed by atoms with Gasteiger partial charge in [0.2, 0.25) is 0 Å². The van der Waals surface area contributed by atoms with Crippen molar-refractivity contribution in [1.29, 1.82) is 0 Å². The predicted molar refractivity (Wildman–Crippen MR) is 148 cm³/mol. The number of hydrogen-bond donors (Lipinski definition) is 2. The van der Waals surface area contributed by atoms with Crippen LogP contribution in [-0.2, 0) is 9.59 Å². The summed E-state index contributed by atoms with van der Waals surface area (Å²) in [6.07, 6.45) is 1.46. The summed E-state index contributed by atoms with van der Waals surface area (Å²) in [7, 11) is 0. The number of ketones is 1. The van der Waals surface area contributed by atoms with Crippen molar-refractivity contribution in [2.24, 2.45) is 0 Å². The first-order valence-corrected chi connectivity index (χ1v) is 12.7. The van der Waals surface area contributed by atoms with Gasteiger partial charge in [0.05, 0.1) is 30.6 Å². The van der Waals surface area contributed by atoms with Crippen LogP contribution in [0.15, 0.2) is 101 Å². The number of nitrogens with one attached hydrogen (secondary N) is 1. The number of para-hydroxylation sites is 1. The average molecular weight is 525 g/mol. The highest BCUT2D eigenvalue weighted by atomic mass is 16.5. The van der Waals surface area contributed by atoms with E-state index in [1.807, 2.05) is 56.3 Å². The molecule has 8 nitrogen and oxygen atoms in total. The van der Waals surface area contributed by atoms with Crippen molar-refractivity contribution in [2.75, 3.05) is 23.4 Å². The van der Waals surface area contributed by atoms with E-state index < -0.39 is 17.7 Å². The van der Waals surface area contributed by atoms with Gasteiger partial charge >= 0.3 is 0 Å². The van der Waals surface area contributed by atoms with Crippen LogP contribution in [0.5, 0.6) is 11.5 Å². The van der Waals surface area contributed by atoms with Crippen LogP contribution >= 0.6 is 0 Å². The molecule has 1 atom stereocenters. The summed E-state index contributed by atoms with van der Waals surface area (Å²) in [5.74, 6) is -0.717. The van der Waals surface area contributed by atoms with Gasteiger partial charge in [-0.25, -0.2) is 0 Å². The fourth-order valence-corrected chi connectivity index (χ4v) is 4.58. The highest BCUT2D eigenvalue weighted by Gasteiger charge is 2.48. The molecule has 8 heteroatoms. The molecule has 1 aliphatic heterocycles. The Kier molecular flexibility index (Phi) is 7.36. The minimum absolute atomic E-state index is 0.0912. The predicted octanol–water partition coefficient (Wildman–Crippen LogP) is 6.45. The first kappa shape index (κ1) is 25.7. The van der Waals surface area contributed by atoms with E-state index in [4.69, 9.17) is 13.9 Å². The number of anilines is 3. The topological polar surface area (TPSA) is 101 Å². The van der Waals surface area contributed by atoms with Gasteiger partial charge in [0.15, 0.2) is 0 Å². The minimum Gasteiger partial charge on any atom is -0.507 e. The van der Waals surface area contributed by atoms with Crippen molar-refractivity contribution in [3.05, 3.63) is 108 Å². The van der Waals surface area contributed by atoms with E-state index in [0.29, 0.717) is 36.2 Å². The molecule has 1 amide bonds. The minimum atomic E-state index is -0.978. The molecule has 2 heterocycles. The second kappa shape index (κ2) is 11.2. The Morgan fingerprint density at radius 1 is 0.897 bits per heavy atom. The van der Waals surface area contributed by atoms with Gasteiger partial charge in [0.1, 0.15) is 29.1 Å². The molecule has 1 fully saturated rings. The Morgan fingerprint density at radius 3 is 2.28 bits per heavy atom. The van der Waals surface area contributed by atoms with Crippen LogP contribution in [0.3, 0.4) is 0 Å². The van der Waals surface area contributed by atoms with Gasteiger partial charge in [-0.2, -0.15) is 0 Å². The van der Waals surface area contributed by atoms with Gasteiger partial charge in [-0.15, -0.1) is 0 Å². The maximum absolute atomic E-state index is 13.4. The molecule has 0 saturated carbocycles. The molecule has 2 N–H and O–H groups in total. The third-order valence-electron chi connectivity index (χ3n) is 6.28. The lowest BCUT2D eigenvalue weighted by Crippen LogP contribution is -2.29. The lowest BCUT2D eigenvalue weighted by Gasteiger charge is -2.24. The quantitative estimate of drug-likeness (QED) is 0.147. The molecule has 1 saturated heterocycles. The van der Waals surface area contributed by atoms with E-state index in [1.54, 1.807) is 42.5 Å². The standard InChI is InChI=1S/C31H28N2O6/c1-3-37-23-16-17-24(26(19-23)38-4-2)29(34)27-28(25-11-8-18-39-25)33(31(36)30(27)35)22-14-12-21(13-15-22)32-20-9-6-5-7-10-20/h5-19,28,32,34H,3-4H2,1-2H3/b29-27-. The number of amides is 1. The van der Waals surface area contributed by atoms with Crippen LogP contribution in [0.4, 0.5) is 17.1 Å². The van der Waals surface area contributed by atoms with E-state index in [9.17, 15) is 14.7 Å². The van der Waals surface area contributed by atoms with Gasteiger partial charge in [-0.1, -0.05) is 18.2 Å².